The van der Waals surface area contributed by atoms with E-state index in [-0.39, 0.29) is 0 Å². The van der Waals surface area contributed by atoms with E-state index in [1.165, 1.54) is 10.5 Å². The summed E-state index contributed by atoms with van der Waals surface area (Å²) in [6.45, 7) is 2.07. The molecule has 0 radical (unpaired) electrons. The number of nitrogens with zero attached hydrogens (tertiary/aromatic N) is 2. The number of aryl methyl sites for hydroxylation is 1. The van der Waals surface area contributed by atoms with Crippen molar-refractivity contribution in [3.8, 4) is 0 Å². The van der Waals surface area contributed by atoms with Crippen LogP contribution in [-0.2, 0) is 0 Å². The van der Waals surface area contributed by atoms with Gasteiger partial charge in [0.15, 0.2) is 0 Å². The zero-order valence-electron chi connectivity index (χ0n) is 5.03. The average Bonchev–Trinajstić information content (AvgIpc) is 2.35. The molecule has 2 rings (SSSR count). The molecule has 0 bridgehead atoms. The number of rotatable bonds is 0. The highest BCUT2D eigenvalue weighted by molar-refractivity contribution is 7.15. The van der Waals surface area contributed by atoms with Crippen molar-refractivity contribution in [2.24, 2.45) is 0 Å². The number of imidazole rings is 1. The van der Waals surface area contributed by atoms with E-state index in [1.54, 1.807) is 11.3 Å². The molecule has 0 spiro atoms. The maximum absolute atomic E-state index is 4.00. The second-order valence-corrected chi connectivity index (χ2v) is 2.87. The molecule has 0 aliphatic carbocycles. The molecule has 0 saturated carbocycles. The van der Waals surface area contributed by atoms with Gasteiger partial charge in [-0.05, 0) is 6.92 Å². The van der Waals surface area contributed by atoms with E-state index in [2.05, 4.69) is 21.7 Å². The molecule has 0 unspecified atom stereocenters. The van der Waals surface area contributed by atoms with Crippen LogP contribution in [0.4, 0.5) is 0 Å². The van der Waals surface area contributed by atoms with Crippen LogP contribution >= 0.6 is 11.3 Å². The molecule has 0 aromatic carbocycles. The predicted octanol–water partition coefficient (Wildman–Crippen LogP) is 1.70. The van der Waals surface area contributed by atoms with Crippen LogP contribution in [0.3, 0.4) is 0 Å². The minimum Gasteiger partial charge on any atom is -0.294 e. The zero-order valence-corrected chi connectivity index (χ0v) is 5.85. The summed E-state index contributed by atoms with van der Waals surface area (Å²) in [7, 11) is 0. The topological polar surface area (TPSA) is 17.3 Å². The Bertz CT molecular complexity index is 320. The van der Waals surface area contributed by atoms with Crippen LogP contribution in [0.1, 0.15) is 5.69 Å². The van der Waals surface area contributed by atoms with Gasteiger partial charge in [-0.3, -0.25) is 4.40 Å². The zero-order chi connectivity index (χ0) is 6.27. The molecule has 0 saturated heterocycles. The molecule has 0 N–H and O–H groups in total. The SMILES string of the molecule is Cc1csc2cncn12. The lowest BCUT2D eigenvalue weighted by Gasteiger charge is -1.82. The summed E-state index contributed by atoms with van der Waals surface area (Å²) in [5.74, 6) is 0. The smallest absolute Gasteiger partial charge is 0.119 e. The summed E-state index contributed by atoms with van der Waals surface area (Å²) < 4.78 is 2.07. The normalized spacial score (nSPS) is 10.8. The molecule has 0 fully saturated rings. The van der Waals surface area contributed by atoms with Crippen molar-refractivity contribution in [2.75, 3.05) is 0 Å². The number of hydrogen-bond donors (Lipinski definition) is 0. The molecule has 3 heteroatoms. The highest BCUT2D eigenvalue weighted by atomic mass is 32.1. The summed E-state index contributed by atoms with van der Waals surface area (Å²) in [5.41, 5.74) is 1.26. The van der Waals surface area contributed by atoms with Gasteiger partial charge in [0.05, 0.1) is 6.20 Å². The molecule has 0 atom stereocenters. The molecule has 2 nitrogen and oxygen atoms in total. The van der Waals surface area contributed by atoms with E-state index in [9.17, 15) is 0 Å². The summed E-state index contributed by atoms with van der Waals surface area (Å²) in [6.07, 6.45) is 3.71. The van der Waals surface area contributed by atoms with Crippen molar-refractivity contribution in [3.63, 3.8) is 0 Å². The third kappa shape index (κ3) is 0.580. The van der Waals surface area contributed by atoms with E-state index in [4.69, 9.17) is 0 Å². The molecule has 0 aliphatic heterocycles. The van der Waals surface area contributed by atoms with E-state index in [1.807, 2.05) is 12.5 Å². The average molecular weight is 138 g/mol. The van der Waals surface area contributed by atoms with Crippen molar-refractivity contribution in [2.45, 2.75) is 6.92 Å². The van der Waals surface area contributed by atoms with Gasteiger partial charge in [0.2, 0.25) is 0 Å². The van der Waals surface area contributed by atoms with Gasteiger partial charge in [-0.2, -0.15) is 0 Å². The summed E-state index contributed by atoms with van der Waals surface area (Å²) in [6, 6.07) is 0. The molecule has 9 heavy (non-hydrogen) atoms. The predicted molar refractivity (Wildman–Crippen MR) is 37.8 cm³/mol. The Hall–Kier alpha value is -0.830. The number of aromatic nitrogens is 2. The minimum absolute atomic E-state index is 1.22. The fraction of sp³-hybridized carbons (Fsp3) is 0.167. The third-order valence-corrected chi connectivity index (χ3v) is 2.34. The second kappa shape index (κ2) is 1.57. The first kappa shape index (κ1) is 4.99. The van der Waals surface area contributed by atoms with Crippen LogP contribution in [0, 0.1) is 6.92 Å². The molecule has 2 aromatic rings. The molecule has 2 aromatic heterocycles. The maximum atomic E-state index is 4.00. The van der Waals surface area contributed by atoms with E-state index in [0.717, 1.165) is 0 Å². The van der Waals surface area contributed by atoms with Crippen molar-refractivity contribution in [1.29, 1.82) is 0 Å². The summed E-state index contributed by atoms with van der Waals surface area (Å²) in [4.78, 5) is 5.21. The van der Waals surface area contributed by atoms with E-state index >= 15 is 0 Å². The van der Waals surface area contributed by atoms with Crippen LogP contribution in [0.25, 0.3) is 4.83 Å². The second-order valence-electron chi connectivity index (χ2n) is 1.98. The third-order valence-electron chi connectivity index (χ3n) is 1.33. The lowest BCUT2D eigenvalue weighted by molar-refractivity contribution is 1.10. The van der Waals surface area contributed by atoms with E-state index < -0.39 is 0 Å². The summed E-state index contributed by atoms with van der Waals surface area (Å²) >= 11 is 1.72. The van der Waals surface area contributed by atoms with Gasteiger partial charge in [0.25, 0.3) is 0 Å². The molecule has 46 valence electrons. The van der Waals surface area contributed by atoms with Gasteiger partial charge in [0.1, 0.15) is 11.2 Å². The fourth-order valence-corrected chi connectivity index (χ4v) is 1.67. The largest absolute Gasteiger partial charge is 0.294 e. The van der Waals surface area contributed by atoms with E-state index in [0.29, 0.717) is 0 Å². The van der Waals surface area contributed by atoms with Crippen molar-refractivity contribution in [1.82, 2.24) is 9.38 Å². The molecule has 2 heterocycles. The maximum Gasteiger partial charge on any atom is 0.119 e. The Morgan fingerprint density at radius 2 is 2.56 bits per heavy atom. The minimum atomic E-state index is 1.22. The molecule has 0 aliphatic rings. The van der Waals surface area contributed by atoms with Crippen LogP contribution in [0.5, 0.6) is 0 Å². The Kier molecular flexibility index (Phi) is 0.873. The first-order chi connectivity index (χ1) is 4.38. The van der Waals surface area contributed by atoms with Gasteiger partial charge in [-0.1, -0.05) is 0 Å². The highest BCUT2D eigenvalue weighted by Gasteiger charge is 1.95. The molecular weight excluding hydrogens is 132 g/mol. The molecule has 0 amide bonds. The van der Waals surface area contributed by atoms with Crippen LogP contribution < -0.4 is 0 Å². The Balaban J connectivity index is 2.99. The molecular formula is C6H6N2S. The first-order valence-electron chi connectivity index (χ1n) is 2.74. The number of fused-ring (bicyclic) bond motifs is 1. The van der Waals surface area contributed by atoms with Crippen LogP contribution in [0.15, 0.2) is 17.9 Å². The Morgan fingerprint density at radius 1 is 1.67 bits per heavy atom. The van der Waals surface area contributed by atoms with Gasteiger partial charge >= 0.3 is 0 Å². The monoisotopic (exact) mass is 138 g/mol. The van der Waals surface area contributed by atoms with Gasteiger partial charge in [0, 0.05) is 11.1 Å². The van der Waals surface area contributed by atoms with Crippen molar-refractivity contribution < 1.29 is 0 Å². The lowest BCUT2D eigenvalue weighted by Crippen LogP contribution is -1.77. The lowest BCUT2D eigenvalue weighted by atomic mass is 10.6. The summed E-state index contributed by atoms with van der Waals surface area (Å²) in [5, 5.41) is 2.12. The Morgan fingerprint density at radius 3 is 3.33 bits per heavy atom. The van der Waals surface area contributed by atoms with Crippen LogP contribution in [-0.4, -0.2) is 9.38 Å². The standard InChI is InChI=1S/C6H6N2S/c1-5-3-9-6-2-7-4-8(5)6/h2-4H,1H3. The quantitative estimate of drug-likeness (QED) is 0.541. The van der Waals surface area contributed by atoms with Crippen molar-refractivity contribution >= 4 is 16.2 Å². The highest BCUT2D eigenvalue weighted by Crippen LogP contribution is 2.13. The number of hydrogen-bond acceptors (Lipinski definition) is 2. The fourth-order valence-electron chi connectivity index (χ4n) is 0.837. The van der Waals surface area contributed by atoms with Gasteiger partial charge in [-0.15, -0.1) is 11.3 Å². The first-order valence-corrected chi connectivity index (χ1v) is 3.62. The number of thiazole rings is 1. The van der Waals surface area contributed by atoms with Gasteiger partial charge < -0.3 is 0 Å². The van der Waals surface area contributed by atoms with Gasteiger partial charge in [-0.25, -0.2) is 4.98 Å². The van der Waals surface area contributed by atoms with Crippen LogP contribution in [0.2, 0.25) is 0 Å². The Labute approximate surface area is 56.8 Å². The van der Waals surface area contributed by atoms with Crippen molar-refractivity contribution in [3.05, 3.63) is 23.6 Å².